The summed E-state index contributed by atoms with van der Waals surface area (Å²) in [5.41, 5.74) is 16.9. The smallest absolute Gasteiger partial charge is 0.239 e. The number of nitrogen functional groups attached to an aromatic ring is 2. The lowest BCUT2D eigenvalue weighted by atomic mass is 10.1. The number of rotatable bonds is 8. The van der Waals surface area contributed by atoms with Gasteiger partial charge in [-0.25, -0.2) is 37.8 Å². The summed E-state index contributed by atoms with van der Waals surface area (Å²) in [5.74, 6) is 0.189. The molecule has 6 heterocycles. The number of aromatic nitrogens is 12. The molecule has 9 rings (SSSR count). The van der Waals surface area contributed by atoms with Crippen molar-refractivity contribution in [2.24, 2.45) is 0 Å². The zero-order chi connectivity index (χ0) is 37.2. The zero-order valence-electron chi connectivity index (χ0n) is 28.2. The van der Waals surface area contributed by atoms with Gasteiger partial charge in [0.25, 0.3) is 0 Å². The molecule has 54 heavy (non-hydrogen) atoms. The minimum Gasteiger partial charge on any atom is -0.368 e. The molecular formula is C37H29F3N14. The monoisotopic (exact) mass is 726 g/mol. The number of halogens is 3. The van der Waals surface area contributed by atoms with Gasteiger partial charge < -0.3 is 20.3 Å². The molecule has 0 amide bonds. The summed E-state index contributed by atoms with van der Waals surface area (Å²) < 4.78 is 46.7. The van der Waals surface area contributed by atoms with E-state index in [1.165, 1.54) is 28.9 Å². The van der Waals surface area contributed by atoms with Gasteiger partial charge in [0.1, 0.15) is 28.8 Å². The molecule has 17 heteroatoms. The Morgan fingerprint density at radius 2 is 1.28 bits per heavy atom. The second kappa shape index (κ2) is 14.3. The van der Waals surface area contributed by atoms with Crippen molar-refractivity contribution in [3.8, 4) is 23.0 Å². The van der Waals surface area contributed by atoms with E-state index < -0.39 is 0 Å². The number of H-pyrrole nitrogens is 1. The van der Waals surface area contributed by atoms with Gasteiger partial charge in [-0.05, 0) is 41.0 Å². The van der Waals surface area contributed by atoms with Crippen LogP contribution >= 0.6 is 0 Å². The molecule has 0 atom stereocenters. The lowest BCUT2D eigenvalue weighted by Gasteiger charge is -2.07. The highest BCUT2D eigenvalue weighted by Crippen LogP contribution is 2.22. The van der Waals surface area contributed by atoms with Crippen LogP contribution < -0.4 is 11.5 Å². The minimum atomic E-state index is -0.332. The Balaban J connectivity index is 0.000000160. The van der Waals surface area contributed by atoms with Crippen molar-refractivity contribution in [2.75, 3.05) is 11.5 Å². The van der Waals surface area contributed by atoms with Crippen molar-refractivity contribution in [3.05, 3.63) is 156 Å². The molecule has 0 aliphatic carbocycles. The summed E-state index contributed by atoms with van der Waals surface area (Å²) in [6.07, 6.45) is 11.0. The maximum absolute atomic E-state index is 14.2. The number of imidazole rings is 2. The Bertz CT molecular complexity index is 2750. The van der Waals surface area contributed by atoms with E-state index in [0.717, 1.165) is 0 Å². The second-order valence-corrected chi connectivity index (χ2v) is 12.1. The van der Waals surface area contributed by atoms with E-state index in [1.807, 2.05) is 4.40 Å². The Hall–Kier alpha value is -7.43. The Labute approximate surface area is 304 Å². The fraction of sp³-hybridized carbons (Fsp3) is 0.0811. The first-order valence-electron chi connectivity index (χ1n) is 16.5. The highest BCUT2D eigenvalue weighted by atomic mass is 19.1. The van der Waals surface area contributed by atoms with Crippen LogP contribution in [0.2, 0.25) is 0 Å². The molecule has 0 spiro atoms. The third kappa shape index (κ3) is 7.05. The third-order valence-corrected chi connectivity index (χ3v) is 8.41. The largest absolute Gasteiger partial charge is 0.368 e. The number of nitrogens with one attached hydrogen (secondary N) is 1. The van der Waals surface area contributed by atoms with Crippen LogP contribution in [0.15, 0.2) is 110 Å². The van der Waals surface area contributed by atoms with Gasteiger partial charge in [0, 0.05) is 50.0 Å². The number of aromatic amines is 1. The lowest BCUT2D eigenvalue weighted by molar-refractivity contribution is 0.613. The highest BCUT2D eigenvalue weighted by molar-refractivity contribution is 5.57. The molecule has 9 aromatic rings. The van der Waals surface area contributed by atoms with Crippen LogP contribution in [0.4, 0.5) is 25.1 Å². The van der Waals surface area contributed by atoms with Gasteiger partial charge in [-0.1, -0.05) is 48.5 Å². The van der Waals surface area contributed by atoms with Gasteiger partial charge >= 0.3 is 0 Å². The van der Waals surface area contributed by atoms with Crippen molar-refractivity contribution in [1.82, 2.24) is 58.7 Å². The van der Waals surface area contributed by atoms with E-state index in [4.69, 9.17) is 11.5 Å². The van der Waals surface area contributed by atoms with E-state index in [0.29, 0.717) is 68.8 Å². The topological polar surface area (TPSA) is 185 Å². The quantitative estimate of drug-likeness (QED) is 0.185. The van der Waals surface area contributed by atoms with E-state index in [1.54, 1.807) is 90.1 Å². The van der Waals surface area contributed by atoms with Gasteiger partial charge in [-0.2, -0.15) is 9.97 Å². The zero-order valence-corrected chi connectivity index (χ0v) is 28.2. The van der Waals surface area contributed by atoms with Gasteiger partial charge in [-0.3, -0.25) is 5.10 Å². The highest BCUT2D eigenvalue weighted by Gasteiger charge is 2.17. The van der Waals surface area contributed by atoms with E-state index in [-0.39, 0.29) is 42.3 Å². The average Bonchev–Trinajstić information content (AvgIpc) is 3.99. The summed E-state index contributed by atoms with van der Waals surface area (Å²) in [6, 6.07) is 19.4. The molecule has 0 saturated heterocycles. The van der Waals surface area contributed by atoms with Gasteiger partial charge in [0.15, 0.2) is 17.1 Å². The van der Waals surface area contributed by atoms with Gasteiger partial charge in [-0.15, -0.1) is 10.2 Å². The Kier molecular flexibility index (Phi) is 8.92. The first-order chi connectivity index (χ1) is 26.3. The lowest BCUT2D eigenvalue weighted by Crippen LogP contribution is -2.06. The molecule has 0 saturated carbocycles. The van der Waals surface area contributed by atoms with Crippen molar-refractivity contribution in [1.29, 1.82) is 0 Å². The van der Waals surface area contributed by atoms with Gasteiger partial charge in [0.05, 0.1) is 17.9 Å². The summed E-state index contributed by atoms with van der Waals surface area (Å²) in [4.78, 5) is 26.2. The third-order valence-electron chi connectivity index (χ3n) is 8.41. The number of hydrogen-bond acceptors (Lipinski definition) is 10. The normalized spacial score (nSPS) is 11.2. The number of nitrogens with two attached hydrogens (primary N) is 2. The Morgan fingerprint density at radius 1 is 0.667 bits per heavy atom. The van der Waals surface area contributed by atoms with Crippen LogP contribution in [0.1, 0.15) is 28.1 Å². The molecule has 0 radical (unpaired) electrons. The summed E-state index contributed by atoms with van der Waals surface area (Å²) in [6.45, 7) is 0.270. The summed E-state index contributed by atoms with van der Waals surface area (Å²) in [7, 11) is 0. The molecule has 0 aliphatic heterocycles. The molecule has 0 bridgehead atoms. The molecule has 14 nitrogen and oxygen atoms in total. The van der Waals surface area contributed by atoms with Crippen molar-refractivity contribution in [3.63, 3.8) is 0 Å². The molecular weight excluding hydrogens is 697 g/mol. The van der Waals surface area contributed by atoms with Crippen LogP contribution in [-0.2, 0) is 19.4 Å². The van der Waals surface area contributed by atoms with Crippen LogP contribution in [0, 0.1) is 17.5 Å². The molecule has 268 valence electrons. The maximum atomic E-state index is 14.2. The fourth-order valence-corrected chi connectivity index (χ4v) is 5.87. The van der Waals surface area contributed by atoms with E-state index in [9.17, 15) is 13.2 Å². The molecule has 6 aromatic heterocycles. The summed E-state index contributed by atoms with van der Waals surface area (Å²) in [5, 5.41) is 11.0. The van der Waals surface area contributed by atoms with Gasteiger partial charge in [0.2, 0.25) is 17.7 Å². The van der Waals surface area contributed by atoms with E-state index >= 15 is 0 Å². The predicted molar refractivity (Wildman–Crippen MR) is 193 cm³/mol. The van der Waals surface area contributed by atoms with Crippen LogP contribution in [0.5, 0.6) is 0 Å². The average molecular weight is 727 g/mol. The SMILES string of the molecule is Nc1n[nH]c(-c2cn3ccnc3c(Cc3ccccc3F)n2)n1.Nc1nc(-c2cn3ccnc3c(Cc3ccccc3F)n2)nn1Cc1cccc(F)c1. The molecule has 5 N–H and O–H groups in total. The van der Waals surface area contributed by atoms with Crippen LogP contribution in [0.25, 0.3) is 34.3 Å². The van der Waals surface area contributed by atoms with Crippen LogP contribution in [-0.4, -0.2) is 58.7 Å². The predicted octanol–water partition coefficient (Wildman–Crippen LogP) is 5.31. The fourth-order valence-electron chi connectivity index (χ4n) is 5.87. The number of hydrogen-bond donors (Lipinski definition) is 3. The van der Waals surface area contributed by atoms with Crippen molar-refractivity contribution >= 4 is 23.2 Å². The molecule has 3 aromatic carbocycles. The molecule has 0 fully saturated rings. The number of nitrogens with zero attached hydrogens (tertiary/aromatic N) is 11. The number of anilines is 2. The first-order valence-corrected chi connectivity index (χ1v) is 16.5. The summed E-state index contributed by atoms with van der Waals surface area (Å²) >= 11 is 0. The number of fused-ring (bicyclic) bond motifs is 2. The standard InChI is InChI=1S/C22H17F2N7.C15H12FN7/c23-16-6-3-4-14(10-16)12-31-22(25)28-20(29-31)19-13-30-9-8-26-21(30)18(27-19)11-15-5-1-2-7-17(15)24;16-10-4-2-1-3-9(10)7-11-14-18-5-6-23(14)8-12(19-11)13-20-15(17)22-21-13/h1-10,13H,11-12H2,(H2,25,28,29);1-6,8H,7H2,(H3,17,20,21,22). The molecule has 0 unspecified atom stereocenters. The second-order valence-electron chi connectivity index (χ2n) is 12.1. The number of benzene rings is 3. The van der Waals surface area contributed by atoms with Crippen molar-refractivity contribution in [2.45, 2.75) is 19.4 Å². The first kappa shape index (κ1) is 33.7. The molecule has 0 aliphatic rings. The maximum Gasteiger partial charge on any atom is 0.239 e. The van der Waals surface area contributed by atoms with Crippen molar-refractivity contribution < 1.29 is 13.2 Å². The Morgan fingerprint density at radius 3 is 1.87 bits per heavy atom. The van der Waals surface area contributed by atoms with Crippen LogP contribution in [0.3, 0.4) is 0 Å². The van der Waals surface area contributed by atoms with E-state index in [2.05, 4.69) is 45.2 Å². The minimum absolute atomic E-state index is 0.142.